The van der Waals surface area contributed by atoms with Crippen molar-refractivity contribution >= 4 is 11.7 Å². The topological polar surface area (TPSA) is 135 Å². The van der Waals surface area contributed by atoms with Crippen molar-refractivity contribution in [2.75, 3.05) is 32.5 Å². The van der Waals surface area contributed by atoms with E-state index < -0.39 is 18.5 Å². The lowest BCUT2D eigenvalue weighted by molar-refractivity contribution is -0.856. The van der Waals surface area contributed by atoms with Crippen LogP contribution in [0.2, 0.25) is 0 Å². The van der Waals surface area contributed by atoms with E-state index in [2.05, 4.69) is 50.4 Å². The maximum Gasteiger partial charge on any atom is 0.573 e. The smallest absolute Gasteiger partial charge is 0.542 e. The van der Waals surface area contributed by atoms with E-state index in [1.165, 1.54) is 29.2 Å². The van der Waals surface area contributed by atoms with Gasteiger partial charge in [-0.25, -0.2) is 9.67 Å². The molecule has 2 aromatic heterocycles. The van der Waals surface area contributed by atoms with Crippen LogP contribution in [0.4, 0.5) is 32.0 Å². The lowest BCUT2D eigenvalue weighted by atomic mass is 10.2. The number of likely N-dealkylation sites (N-methyl/N-ethyl adjacent to an activating group) is 1. The van der Waals surface area contributed by atoms with Crippen LogP contribution >= 0.6 is 0 Å². The molecule has 2 aromatic carbocycles. The van der Waals surface area contributed by atoms with Gasteiger partial charge in [0.05, 0.1) is 33.7 Å². The normalized spacial score (nSPS) is 11.7. The number of ether oxygens (including phenoxy) is 1. The van der Waals surface area contributed by atoms with Gasteiger partial charge in [-0.3, -0.25) is 0 Å². The number of rotatable bonds is 9. The molecule has 42 heavy (non-hydrogen) atoms. The summed E-state index contributed by atoms with van der Waals surface area (Å²) < 4.78 is 79.5. The predicted octanol–water partition coefficient (Wildman–Crippen LogP) is 2.11. The molecule has 0 spiro atoms. The molecule has 0 atom stereocenters. The van der Waals surface area contributed by atoms with Crippen molar-refractivity contribution < 1.29 is 50.4 Å². The molecule has 4 rings (SSSR count). The summed E-state index contributed by atoms with van der Waals surface area (Å²) >= 11 is 0. The standard InChI is InChI=1S/C23H24F3N7O2.C2HF3O2/c1-15-28-21(30-33(15)14-16-5-4-6-18(13-16)27-11-12-32(2)3)22-29-20(31-35-22)17-7-9-19(10-8-17)34-23(24,25)26;3-2(4,5)1(6)7/h4-10,13,27H,11-12,14H2,1-3H3;(H,6,7). The Hall–Kier alpha value is -4.67. The number of aryl methyl sites for hydroxylation is 1. The minimum absolute atomic E-state index is 0.110. The molecule has 0 saturated heterocycles. The van der Waals surface area contributed by atoms with E-state index in [1.54, 1.807) is 4.68 Å². The first kappa shape index (κ1) is 31.9. The van der Waals surface area contributed by atoms with Gasteiger partial charge in [-0.1, -0.05) is 17.3 Å². The molecule has 0 fully saturated rings. The number of carboxylic acid groups (broad SMARTS) is 1. The molecule has 226 valence electrons. The van der Waals surface area contributed by atoms with Gasteiger partial charge in [-0.2, -0.15) is 18.2 Å². The third-order valence-corrected chi connectivity index (χ3v) is 5.26. The van der Waals surface area contributed by atoms with Gasteiger partial charge in [0.1, 0.15) is 17.5 Å². The molecule has 0 radical (unpaired) electrons. The number of nitrogens with zero attached hydrogens (tertiary/aromatic N) is 5. The number of carbonyl (C=O) groups excluding carboxylic acids is 1. The van der Waals surface area contributed by atoms with Crippen molar-refractivity contribution in [3.63, 3.8) is 0 Å². The van der Waals surface area contributed by atoms with E-state index in [-0.39, 0.29) is 23.3 Å². The average molecular weight is 602 g/mol. The summed E-state index contributed by atoms with van der Waals surface area (Å²) in [7, 11) is 4.22. The highest BCUT2D eigenvalue weighted by Crippen LogP contribution is 2.26. The number of quaternary nitrogens is 1. The van der Waals surface area contributed by atoms with Gasteiger partial charge < -0.3 is 29.4 Å². The second-order valence-electron chi connectivity index (χ2n) is 9.01. The van der Waals surface area contributed by atoms with Crippen LogP contribution in [-0.4, -0.2) is 70.6 Å². The maximum atomic E-state index is 12.3. The lowest BCUT2D eigenvalue weighted by Crippen LogP contribution is -3.06. The summed E-state index contributed by atoms with van der Waals surface area (Å²) in [6.45, 7) is 4.22. The van der Waals surface area contributed by atoms with Crippen molar-refractivity contribution in [2.45, 2.75) is 26.0 Å². The van der Waals surface area contributed by atoms with Crippen molar-refractivity contribution in [1.82, 2.24) is 24.9 Å². The van der Waals surface area contributed by atoms with E-state index in [1.807, 2.05) is 25.1 Å². The fourth-order valence-electron chi connectivity index (χ4n) is 3.31. The summed E-state index contributed by atoms with van der Waals surface area (Å²) in [4.78, 5) is 18.9. The van der Waals surface area contributed by atoms with E-state index >= 15 is 0 Å². The Morgan fingerprint density at radius 1 is 1.05 bits per heavy atom. The zero-order chi connectivity index (χ0) is 31.1. The highest BCUT2D eigenvalue weighted by molar-refractivity contribution is 5.70. The molecular weight excluding hydrogens is 576 g/mol. The second-order valence-corrected chi connectivity index (χ2v) is 9.01. The van der Waals surface area contributed by atoms with Crippen LogP contribution in [0.25, 0.3) is 23.1 Å². The van der Waals surface area contributed by atoms with Gasteiger partial charge in [-0.15, -0.1) is 18.3 Å². The molecule has 0 amide bonds. The van der Waals surface area contributed by atoms with Crippen LogP contribution in [0.5, 0.6) is 5.75 Å². The Labute approximate surface area is 234 Å². The first-order valence-corrected chi connectivity index (χ1v) is 12.1. The Bertz CT molecular complexity index is 1470. The number of carbonyl (C=O) groups is 1. The minimum atomic E-state index is -5.19. The number of anilines is 1. The number of nitrogens with one attached hydrogen (secondary N) is 2. The first-order valence-electron chi connectivity index (χ1n) is 12.1. The zero-order valence-electron chi connectivity index (χ0n) is 22.4. The SMILES string of the molecule is Cc1nc(-c2nc(-c3ccc(OC(F)(F)F)cc3)no2)nn1Cc1cccc(NCC[NH+](C)C)c1.O=C([O-])C(F)(F)F. The molecule has 0 aliphatic rings. The lowest BCUT2D eigenvalue weighted by Gasteiger charge is -2.11. The number of alkyl halides is 6. The van der Waals surface area contributed by atoms with Gasteiger partial charge in [0.2, 0.25) is 11.6 Å². The molecule has 0 aliphatic heterocycles. The minimum Gasteiger partial charge on any atom is -0.542 e. The highest BCUT2D eigenvalue weighted by atomic mass is 19.4. The van der Waals surface area contributed by atoms with Crippen molar-refractivity contribution in [3.8, 4) is 28.9 Å². The maximum absolute atomic E-state index is 12.3. The Kier molecular flexibility index (Phi) is 10.1. The van der Waals surface area contributed by atoms with Crippen LogP contribution < -0.4 is 20.1 Å². The number of aromatic nitrogens is 5. The van der Waals surface area contributed by atoms with Crippen LogP contribution in [0.3, 0.4) is 0 Å². The molecule has 0 saturated carbocycles. The fraction of sp³-hybridized carbons (Fsp3) is 0.320. The number of aliphatic carboxylic acids is 1. The summed E-state index contributed by atoms with van der Waals surface area (Å²) in [5, 5.41) is 20.6. The number of benzene rings is 2. The van der Waals surface area contributed by atoms with Crippen LogP contribution in [0, 0.1) is 6.92 Å². The van der Waals surface area contributed by atoms with E-state index in [9.17, 15) is 26.3 Å². The number of hydrogen-bond acceptors (Lipinski definition) is 9. The van der Waals surface area contributed by atoms with Crippen molar-refractivity contribution in [1.29, 1.82) is 0 Å². The molecule has 0 aliphatic carbocycles. The molecule has 4 aromatic rings. The number of halogens is 6. The molecule has 2 N–H and O–H groups in total. The van der Waals surface area contributed by atoms with Crippen LogP contribution in [0.1, 0.15) is 11.4 Å². The van der Waals surface area contributed by atoms with E-state index in [0.717, 1.165) is 24.3 Å². The summed E-state index contributed by atoms with van der Waals surface area (Å²) in [6, 6.07) is 13.3. The van der Waals surface area contributed by atoms with Gasteiger partial charge >= 0.3 is 12.5 Å². The molecular formula is C25H25F6N7O4. The predicted molar refractivity (Wildman–Crippen MR) is 133 cm³/mol. The third kappa shape index (κ3) is 9.76. The Morgan fingerprint density at radius 3 is 2.31 bits per heavy atom. The quantitative estimate of drug-likeness (QED) is 0.277. The van der Waals surface area contributed by atoms with E-state index in [4.69, 9.17) is 14.4 Å². The molecule has 17 heteroatoms. The summed E-state index contributed by atoms with van der Waals surface area (Å²) in [6.07, 6.45) is -9.95. The van der Waals surface area contributed by atoms with Crippen molar-refractivity contribution in [2.24, 2.45) is 0 Å². The number of carboxylic acids is 1. The number of hydrogen-bond donors (Lipinski definition) is 2. The van der Waals surface area contributed by atoms with E-state index in [0.29, 0.717) is 17.9 Å². The molecule has 11 nitrogen and oxygen atoms in total. The van der Waals surface area contributed by atoms with Crippen molar-refractivity contribution in [3.05, 3.63) is 59.9 Å². The Morgan fingerprint density at radius 2 is 1.71 bits per heavy atom. The van der Waals surface area contributed by atoms with Gasteiger partial charge in [-0.05, 0) is 48.9 Å². The Balaban J connectivity index is 0.000000616. The molecule has 0 bridgehead atoms. The highest BCUT2D eigenvalue weighted by Gasteiger charge is 2.31. The second kappa shape index (κ2) is 13.3. The molecule has 2 heterocycles. The van der Waals surface area contributed by atoms with Crippen LogP contribution in [-0.2, 0) is 11.3 Å². The monoisotopic (exact) mass is 601 g/mol. The fourth-order valence-corrected chi connectivity index (χ4v) is 3.31. The summed E-state index contributed by atoms with van der Waals surface area (Å²) in [5.41, 5.74) is 2.56. The first-order chi connectivity index (χ1) is 19.6. The van der Waals surface area contributed by atoms with Gasteiger partial charge in [0, 0.05) is 11.3 Å². The zero-order valence-corrected chi connectivity index (χ0v) is 22.4. The molecule has 0 unspecified atom stereocenters. The van der Waals surface area contributed by atoms with Crippen LogP contribution in [0.15, 0.2) is 53.1 Å². The van der Waals surface area contributed by atoms with Gasteiger partial charge in [0.15, 0.2) is 0 Å². The third-order valence-electron chi connectivity index (χ3n) is 5.26. The van der Waals surface area contributed by atoms with Gasteiger partial charge in [0.25, 0.3) is 5.89 Å². The average Bonchev–Trinajstić information content (AvgIpc) is 3.51. The largest absolute Gasteiger partial charge is 0.573 e. The summed E-state index contributed by atoms with van der Waals surface area (Å²) in [5.74, 6) is -2.10.